The van der Waals surface area contributed by atoms with Crippen molar-refractivity contribution in [1.82, 2.24) is 10.6 Å². The van der Waals surface area contributed by atoms with Crippen LogP contribution in [-0.4, -0.2) is 26.1 Å². The van der Waals surface area contributed by atoms with Gasteiger partial charge >= 0.3 is 0 Å². The van der Waals surface area contributed by atoms with Gasteiger partial charge in [0.05, 0.1) is 18.8 Å². The van der Waals surface area contributed by atoms with Crippen LogP contribution >= 0.6 is 0 Å². The third-order valence-corrected chi connectivity index (χ3v) is 1.76. The van der Waals surface area contributed by atoms with Crippen LogP contribution in [0.3, 0.4) is 0 Å². The van der Waals surface area contributed by atoms with Crippen LogP contribution in [0, 0.1) is 0 Å². The molecule has 0 bridgehead atoms. The SMILES string of the molecule is C=C/C(NC(=O)CNC)=C(\CC)OCC. The molecule has 2 N–H and O–H groups in total. The maximum Gasteiger partial charge on any atom is 0.238 e. The highest BCUT2D eigenvalue weighted by atomic mass is 16.5. The molecule has 0 rings (SSSR count). The van der Waals surface area contributed by atoms with Crippen LogP contribution in [0.2, 0.25) is 0 Å². The summed E-state index contributed by atoms with van der Waals surface area (Å²) >= 11 is 0. The Morgan fingerprint density at radius 1 is 1.47 bits per heavy atom. The second-order valence-corrected chi connectivity index (χ2v) is 2.91. The highest BCUT2D eigenvalue weighted by Crippen LogP contribution is 2.08. The molecule has 15 heavy (non-hydrogen) atoms. The number of rotatable bonds is 7. The molecule has 0 aliphatic heterocycles. The number of carbonyl (C=O) groups excluding carboxylic acids is 1. The van der Waals surface area contributed by atoms with Gasteiger partial charge in [-0.2, -0.15) is 0 Å². The Labute approximate surface area is 91.4 Å². The molecule has 86 valence electrons. The lowest BCUT2D eigenvalue weighted by molar-refractivity contribution is -0.119. The van der Waals surface area contributed by atoms with E-state index in [1.54, 1.807) is 13.1 Å². The maximum atomic E-state index is 11.3. The van der Waals surface area contributed by atoms with E-state index in [9.17, 15) is 4.79 Å². The number of nitrogens with one attached hydrogen (secondary N) is 2. The molecule has 0 unspecified atom stereocenters. The second-order valence-electron chi connectivity index (χ2n) is 2.91. The molecule has 4 nitrogen and oxygen atoms in total. The molecule has 1 amide bonds. The maximum absolute atomic E-state index is 11.3. The fourth-order valence-corrected chi connectivity index (χ4v) is 1.13. The van der Waals surface area contributed by atoms with Gasteiger partial charge < -0.3 is 15.4 Å². The van der Waals surface area contributed by atoms with Crippen LogP contribution in [-0.2, 0) is 9.53 Å². The zero-order chi connectivity index (χ0) is 11.7. The molecule has 0 atom stereocenters. The number of allylic oxidation sites excluding steroid dienone is 2. The van der Waals surface area contributed by atoms with Gasteiger partial charge in [0.2, 0.25) is 5.91 Å². The minimum atomic E-state index is -0.0990. The highest BCUT2D eigenvalue weighted by Gasteiger charge is 2.06. The van der Waals surface area contributed by atoms with Crippen molar-refractivity contribution in [2.45, 2.75) is 20.3 Å². The summed E-state index contributed by atoms with van der Waals surface area (Å²) in [7, 11) is 1.72. The van der Waals surface area contributed by atoms with Gasteiger partial charge in [0.25, 0.3) is 0 Å². The Balaban J connectivity index is 4.55. The number of ether oxygens (including phenoxy) is 1. The number of hydrogen-bond donors (Lipinski definition) is 2. The number of amides is 1. The smallest absolute Gasteiger partial charge is 0.238 e. The van der Waals surface area contributed by atoms with E-state index >= 15 is 0 Å². The van der Waals surface area contributed by atoms with Gasteiger partial charge in [-0.05, 0) is 20.0 Å². The number of carbonyl (C=O) groups is 1. The quantitative estimate of drug-likeness (QED) is 0.492. The molecule has 0 aliphatic carbocycles. The van der Waals surface area contributed by atoms with Gasteiger partial charge in [-0.15, -0.1) is 0 Å². The summed E-state index contributed by atoms with van der Waals surface area (Å²) in [6, 6.07) is 0. The van der Waals surface area contributed by atoms with Crippen molar-refractivity contribution in [3.05, 3.63) is 24.1 Å². The molecular formula is C11H20N2O2. The Kier molecular flexibility index (Phi) is 7.36. The van der Waals surface area contributed by atoms with Crippen molar-refractivity contribution >= 4 is 5.91 Å². The van der Waals surface area contributed by atoms with E-state index < -0.39 is 0 Å². The van der Waals surface area contributed by atoms with E-state index in [0.717, 1.165) is 12.2 Å². The first-order valence-electron chi connectivity index (χ1n) is 5.12. The Morgan fingerprint density at radius 2 is 2.13 bits per heavy atom. The highest BCUT2D eigenvalue weighted by molar-refractivity contribution is 5.80. The molecule has 0 spiro atoms. The monoisotopic (exact) mass is 212 g/mol. The molecule has 0 fully saturated rings. The van der Waals surface area contributed by atoms with Crippen LogP contribution in [0.15, 0.2) is 24.1 Å². The lowest BCUT2D eigenvalue weighted by Crippen LogP contribution is -2.31. The average Bonchev–Trinajstić information content (AvgIpc) is 2.23. The predicted molar refractivity (Wildman–Crippen MR) is 61.2 cm³/mol. The number of likely N-dealkylation sites (N-methyl/N-ethyl adjacent to an activating group) is 1. The van der Waals surface area contributed by atoms with Crippen LogP contribution in [0.5, 0.6) is 0 Å². The molecule has 0 saturated carbocycles. The topological polar surface area (TPSA) is 50.4 Å². The minimum absolute atomic E-state index is 0.0990. The Bertz CT molecular complexity index is 247. The van der Waals surface area contributed by atoms with Crippen molar-refractivity contribution in [2.75, 3.05) is 20.2 Å². The summed E-state index contributed by atoms with van der Waals surface area (Å²) in [5, 5.41) is 5.51. The average molecular weight is 212 g/mol. The largest absolute Gasteiger partial charge is 0.496 e. The Morgan fingerprint density at radius 3 is 2.53 bits per heavy atom. The van der Waals surface area contributed by atoms with Crippen molar-refractivity contribution in [3.8, 4) is 0 Å². The van der Waals surface area contributed by atoms with E-state index in [1.807, 2.05) is 13.8 Å². The molecule has 0 saturated heterocycles. The van der Waals surface area contributed by atoms with Crippen molar-refractivity contribution in [3.63, 3.8) is 0 Å². The van der Waals surface area contributed by atoms with Gasteiger partial charge in [-0.3, -0.25) is 4.79 Å². The van der Waals surface area contributed by atoms with Gasteiger partial charge in [-0.25, -0.2) is 0 Å². The number of hydrogen-bond acceptors (Lipinski definition) is 3. The summed E-state index contributed by atoms with van der Waals surface area (Å²) < 4.78 is 5.40. The molecule has 0 heterocycles. The fourth-order valence-electron chi connectivity index (χ4n) is 1.13. The van der Waals surface area contributed by atoms with E-state index in [-0.39, 0.29) is 12.5 Å². The predicted octanol–water partition coefficient (Wildman–Crippen LogP) is 1.17. The molecular weight excluding hydrogens is 192 g/mol. The third kappa shape index (κ3) is 5.22. The summed E-state index contributed by atoms with van der Waals surface area (Å²) in [4.78, 5) is 11.3. The minimum Gasteiger partial charge on any atom is -0.496 e. The van der Waals surface area contributed by atoms with Gasteiger partial charge in [0, 0.05) is 6.42 Å². The summed E-state index contributed by atoms with van der Waals surface area (Å²) in [5.41, 5.74) is 0.652. The van der Waals surface area contributed by atoms with Crippen molar-refractivity contribution in [1.29, 1.82) is 0 Å². The van der Waals surface area contributed by atoms with Crippen LogP contribution < -0.4 is 10.6 Å². The van der Waals surface area contributed by atoms with E-state index in [1.165, 1.54) is 0 Å². The molecule has 0 aromatic heterocycles. The zero-order valence-electron chi connectivity index (χ0n) is 9.72. The third-order valence-electron chi connectivity index (χ3n) is 1.76. The van der Waals surface area contributed by atoms with E-state index in [2.05, 4.69) is 17.2 Å². The van der Waals surface area contributed by atoms with Gasteiger partial charge in [0.1, 0.15) is 5.76 Å². The van der Waals surface area contributed by atoms with Crippen LogP contribution in [0.1, 0.15) is 20.3 Å². The van der Waals surface area contributed by atoms with Gasteiger partial charge in [0.15, 0.2) is 0 Å². The first kappa shape index (κ1) is 13.7. The lowest BCUT2D eigenvalue weighted by Gasteiger charge is -2.12. The second kappa shape index (κ2) is 8.05. The fraction of sp³-hybridized carbons (Fsp3) is 0.545. The molecule has 0 radical (unpaired) electrons. The van der Waals surface area contributed by atoms with Crippen LogP contribution in [0.4, 0.5) is 0 Å². The van der Waals surface area contributed by atoms with E-state index in [4.69, 9.17) is 4.74 Å². The molecule has 0 aromatic carbocycles. The van der Waals surface area contributed by atoms with Gasteiger partial charge in [-0.1, -0.05) is 13.5 Å². The van der Waals surface area contributed by atoms with Crippen molar-refractivity contribution in [2.24, 2.45) is 0 Å². The molecule has 0 aliphatic rings. The van der Waals surface area contributed by atoms with Crippen LogP contribution in [0.25, 0.3) is 0 Å². The summed E-state index contributed by atoms with van der Waals surface area (Å²) in [6.45, 7) is 8.40. The first-order valence-corrected chi connectivity index (χ1v) is 5.12. The van der Waals surface area contributed by atoms with Crippen molar-refractivity contribution < 1.29 is 9.53 Å². The summed E-state index contributed by atoms with van der Waals surface area (Å²) in [5.74, 6) is 0.662. The normalized spacial score (nSPS) is 11.7. The first-order chi connectivity index (χ1) is 7.19. The Hall–Kier alpha value is -1.29. The summed E-state index contributed by atoms with van der Waals surface area (Å²) in [6.07, 6.45) is 2.33. The van der Waals surface area contributed by atoms with E-state index in [0.29, 0.717) is 12.3 Å². The standard InChI is InChI=1S/C11H20N2O2/c1-5-9(10(6-2)15-7-3)13-11(14)8-12-4/h5,12H,1,6-8H2,2-4H3,(H,13,14)/b10-9-. The molecule has 0 aromatic rings. The zero-order valence-corrected chi connectivity index (χ0v) is 9.72. The lowest BCUT2D eigenvalue weighted by atomic mass is 10.3. The molecule has 4 heteroatoms.